The number of aliphatic imine (C=N–C) groups is 1. The normalized spacial score (nSPS) is 20.1. The van der Waals surface area contributed by atoms with Crippen LogP contribution in [-0.4, -0.2) is 81.3 Å². The first-order valence-corrected chi connectivity index (χ1v) is 10.5. The number of piperazine rings is 1. The van der Waals surface area contributed by atoms with E-state index < -0.39 is 11.7 Å². The topological polar surface area (TPSA) is 52.1 Å². The van der Waals surface area contributed by atoms with E-state index in [1.54, 1.807) is 6.07 Å². The SMILES string of the molecule is CCNC(=NCC(CC)Oc1cccc(C(F)(F)F)c1)NCC1CN(C)CCN1C. The molecule has 0 aliphatic carbocycles. The minimum atomic E-state index is -4.39. The summed E-state index contributed by atoms with van der Waals surface area (Å²) in [7, 11) is 4.25. The third kappa shape index (κ3) is 7.68. The van der Waals surface area contributed by atoms with Crippen LogP contribution in [0.15, 0.2) is 29.3 Å². The van der Waals surface area contributed by atoms with Crippen LogP contribution in [-0.2, 0) is 6.18 Å². The second kappa shape index (κ2) is 11.4. The fourth-order valence-electron chi connectivity index (χ4n) is 3.26. The van der Waals surface area contributed by atoms with Crippen molar-refractivity contribution >= 4 is 5.96 Å². The lowest BCUT2D eigenvalue weighted by atomic mass is 10.2. The highest BCUT2D eigenvalue weighted by molar-refractivity contribution is 5.79. The van der Waals surface area contributed by atoms with E-state index in [4.69, 9.17) is 4.74 Å². The Hall–Kier alpha value is -2.00. The molecule has 0 amide bonds. The van der Waals surface area contributed by atoms with Crippen LogP contribution < -0.4 is 15.4 Å². The molecule has 6 nitrogen and oxygen atoms in total. The van der Waals surface area contributed by atoms with E-state index in [0.29, 0.717) is 25.0 Å². The zero-order valence-electron chi connectivity index (χ0n) is 18.3. The molecule has 2 atom stereocenters. The molecule has 0 spiro atoms. The summed E-state index contributed by atoms with van der Waals surface area (Å²) in [6.07, 6.45) is -4.07. The Bertz CT molecular complexity index is 683. The molecule has 0 saturated carbocycles. The molecule has 0 aromatic heterocycles. The second-order valence-corrected chi connectivity index (χ2v) is 7.67. The highest BCUT2D eigenvalue weighted by atomic mass is 19.4. The van der Waals surface area contributed by atoms with Crippen LogP contribution in [0.4, 0.5) is 13.2 Å². The number of likely N-dealkylation sites (N-methyl/N-ethyl adjacent to an activating group) is 2. The summed E-state index contributed by atoms with van der Waals surface area (Å²) in [5.74, 6) is 0.891. The molecule has 2 unspecified atom stereocenters. The maximum atomic E-state index is 12.9. The third-order valence-corrected chi connectivity index (χ3v) is 5.20. The van der Waals surface area contributed by atoms with E-state index in [2.05, 4.69) is 39.5 Å². The summed E-state index contributed by atoms with van der Waals surface area (Å²) in [6.45, 7) is 8.83. The lowest BCUT2D eigenvalue weighted by Gasteiger charge is -2.38. The molecule has 170 valence electrons. The van der Waals surface area contributed by atoms with Crippen molar-refractivity contribution in [1.29, 1.82) is 0 Å². The molecular formula is C21H34F3N5O. The number of halogens is 3. The zero-order valence-corrected chi connectivity index (χ0v) is 18.3. The maximum absolute atomic E-state index is 12.9. The molecule has 2 rings (SSSR count). The predicted octanol–water partition coefficient (Wildman–Crippen LogP) is 2.66. The van der Waals surface area contributed by atoms with Crippen LogP contribution in [0.3, 0.4) is 0 Å². The Morgan fingerprint density at radius 1 is 1.23 bits per heavy atom. The first-order valence-electron chi connectivity index (χ1n) is 10.5. The zero-order chi connectivity index (χ0) is 22.1. The molecule has 30 heavy (non-hydrogen) atoms. The number of hydrogen-bond acceptors (Lipinski definition) is 4. The summed E-state index contributed by atoms with van der Waals surface area (Å²) in [4.78, 5) is 9.24. The van der Waals surface area contributed by atoms with E-state index in [1.165, 1.54) is 6.07 Å². The minimum absolute atomic E-state index is 0.205. The number of nitrogens with one attached hydrogen (secondary N) is 2. The van der Waals surface area contributed by atoms with E-state index in [0.717, 1.165) is 44.9 Å². The van der Waals surface area contributed by atoms with Gasteiger partial charge in [-0.05, 0) is 45.6 Å². The van der Waals surface area contributed by atoms with Gasteiger partial charge in [-0.15, -0.1) is 0 Å². The molecule has 1 aliphatic heterocycles. The number of guanidine groups is 1. The lowest BCUT2D eigenvalue weighted by Crippen LogP contribution is -2.55. The number of rotatable bonds is 8. The van der Waals surface area contributed by atoms with Crippen molar-refractivity contribution in [2.45, 2.75) is 38.6 Å². The first kappa shape index (κ1) is 24.3. The molecule has 1 saturated heterocycles. The molecule has 9 heteroatoms. The van der Waals surface area contributed by atoms with Crippen molar-refractivity contribution < 1.29 is 17.9 Å². The summed E-state index contributed by atoms with van der Waals surface area (Å²) < 4.78 is 44.5. The average molecular weight is 430 g/mol. The van der Waals surface area contributed by atoms with E-state index in [1.807, 2.05) is 13.8 Å². The molecule has 1 aromatic carbocycles. The van der Waals surface area contributed by atoms with Gasteiger partial charge in [0.05, 0.1) is 12.1 Å². The summed E-state index contributed by atoms with van der Waals surface area (Å²) in [5.41, 5.74) is -0.713. The van der Waals surface area contributed by atoms with Gasteiger partial charge in [-0.3, -0.25) is 4.90 Å². The molecular weight excluding hydrogens is 395 g/mol. The van der Waals surface area contributed by atoms with Gasteiger partial charge < -0.3 is 20.3 Å². The highest BCUT2D eigenvalue weighted by Gasteiger charge is 2.30. The van der Waals surface area contributed by atoms with E-state index >= 15 is 0 Å². The quantitative estimate of drug-likeness (QED) is 0.492. The average Bonchev–Trinajstić information content (AvgIpc) is 2.70. The molecule has 1 aromatic rings. The van der Waals surface area contributed by atoms with Gasteiger partial charge in [-0.2, -0.15) is 13.2 Å². The fourth-order valence-corrected chi connectivity index (χ4v) is 3.26. The maximum Gasteiger partial charge on any atom is 0.416 e. The highest BCUT2D eigenvalue weighted by Crippen LogP contribution is 2.31. The summed E-state index contributed by atoms with van der Waals surface area (Å²) >= 11 is 0. The van der Waals surface area contributed by atoms with Gasteiger partial charge in [0, 0.05) is 38.8 Å². The van der Waals surface area contributed by atoms with Crippen LogP contribution in [0.5, 0.6) is 5.75 Å². The van der Waals surface area contributed by atoms with E-state index in [-0.39, 0.29) is 11.9 Å². The van der Waals surface area contributed by atoms with Gasteiger partial charge in [-0.1, -0.05) is 13.0 Å². The number of alkyl halides is 3. The van der Waals surface area contributed by atoms with Crippen LogP contribution in [0.25, 0.3) is 0 Å². The molecule has 1 heterocycles. The van der Waals surface area contributed by atoms with Crippen LogP contribution in [0.2, 0.25) is 0 Å². The number of hydrogen-bond donors (Lipinski definition) is 2. The summed E-state index contributed by atoms with van der Waals surface area (Å²) in [6, 6.07) is 5.36. The Balaban J connectivity index is 1.96. The Kier molecular flexibility index (Phi) is 9.23. The minimum Gasteiger partial charge on any atom is -0.488 e. The van der Waals surface area contributed by atoms with Crippen molar-refractivity contribution in [2.75, 3.05) is 53.4 Å². The van der Waals surface area contributed by atoms with E-state index in [9.17, 15) is 13.2 Å². The third-order valence-electron chi connectivity index (χ3n) is 5.20. The van der Waals surface area contributed by atoms with Gasteiger partial charge in [0.2, 0.25) is 0 Å². The molecule has 0 bridgehead atoms. The Morgan fingerprint density at radius 2 is 2.00 bits per heavy atom. The van der Waals surface area contributed by atoms with Crippen molar-refractivity contribution in [1.82, 2.24) is 20.4 Å². The van der Waals surface area contributed by atoms with Crippen molar-refractivity contribution in [3.63, 3.8) is 0 Å². The molecule has 2 N–H and O–H groups in total. The lowest BCUT2D eigenvalue weighted by molar-refractivity contribution is -0.137. The smallest absolute Gasteiger partial charge is 0.416 e. The predicted molar refractivity (Wildman–Crippen MR) is 114 cm³/mol. The van der Waals surface area contributed by atoms with Gasteiger partial charge in [0.1, 0.15) is 11.9 Å². The Labute approximate surface area is 177 Å². The second-order valence-electron chi connectivity index (χ2n) is 7.67. The van der Waals surface area contributed by atoms with Gasteiger partial charge >= 0.3 is 6.18 Å². The Morgan fingerprint density at radius 3 is 2.67 bits per heavy atom. The molecule has 1 fully saturated rings. The fraction of sp³-hybridized carbons (Fsp3) is 0.667. The van der Waals surface area contributed by atoms with Crippen molar-refractivity contribution in [3.8, 4) is 5.75 Å². The van der Waals surface area contributed by atoms with Crippen molar-refractivity contribution in [3.05, 3.63) is 29.8 Å². The number of nitrogens with zero attached hydrogens (tertiary/aromatic N) is 3. The van der Waals surface area contributed by atoms with Gasteiger partial charge in [-0.25, -0.2) is 4.99 Å². The van der Waals surface area contributed by atoms with Crippen LogP contribution in [0, 0.1) is 0 Å². The van der Waals surface area contributed by atoms with Crippen molar-refractivity contribution in [2.24, 2.45) is 4.99 Å². The van der Waals surface area contributed by atoms with Crippen LogP contribution in [0.1, 0.15) is 25.8 Å². The first-order chi connectivity index (χ1) is 14.2. The summed E-state index contributed by atoms with van der Waals surface area (Å²) in [5, 5.41) is 6.60. The molecule has 1 aliphatic rings. The largest absolute Gasteiger partial charge is 0.488 e. The monoisotopic (exact) mass is 429 g/mol. The number of ether oxygens (including phenoxy) is 1. The molecule has 0 radical (unpaired) electrons. The standard InChI is InChI=1S/C21H34F3N5O/c1-5-18(30-19-9-7-8-16(12-19)21(22,23)24)14-27-20(25-6-2)26-13-17-15-28(3)10-11-29(17)4/h7-9,12,17-18H,5-6,10-11,13-15H2,1-4H3,(H2,25,26,27). The van der Waals surface area contributed by atoms with Gasteiger partial charge in [0.25, 0.3) is 0 Å². The van der Waals surface area contributed by atoms with Crippen LogP contribution >= 0.6 is 0 Å². The number of benzene rings is 1. The van der Waals surface area contributed by atoms with Gasteiger partial charge in [0.15, 0.2) is 5.96 Å².